The van der Waals surface area contributed by atoms with Crippen LogP contribution in [0.15, 0.2) is 59.5 Å². The molecule has 33 heavy (non-hydrogen) atoms. The van der Waals surface area contributed by atoms with Crippen LogP contribution in [0.3, 0.4) is 0 Å². The van der Waals surface area contributed by atoms with Gasteiger partial charge < -0.3 is 19.6 Å². The minimum absolute atomic E-state index is 0.0456. The largest absolute Gasteiger partial charge is 0.502 e. The van der Waals surface area contributed by atoms with Gasteiger partial charge in [-0.15, -0.1) is 0 Å². The van der Waals surface area contributed by atoms with Gasteiger partial charge in [0.25, 0.3) is 11.5 Å². The Morgan fingerprint density at radius 2 is 1.82 bits per heavy atom. The summed E-state index contributed by atoms with van der Waals surface area (Å²) in [5, 5.41) is 15.2. The van der Waals surface area contributed by atoms with Gasteiger partial charge in [0.05, 0.1) is 21.3 Å². The molecular weight excluding hydrogens is 461 g/mol. The van der Waals surface area contributed by atoms with Gasteiger partial charge in [0, 0.05) is 37.7 Å². The van der Waals surface area contributed by atoms with Crippen molar-refractivity contribution >= 4 is 40.0 Å². The van der Waals surface area contributed by atoms with E-state index in [1.54, 1.807) is 25.2 Å². The summed E-state index contributed by atoms with van der Waals surface area (Å²) in [6.45, 7) is 0.374. The lowest BCUT2D eigenvalue weighted by molar-refractivity contribution is 0.0950. The number of amides is 1. The highest BCUT2D eigenvalue weighted by molar-refractivity contribution is 6.42. The summed E-state index contributed by atoms with van der Waals surface area (Å²) in [7, 11) is 3.54. The van der Waals surface area contributed by atoms with Crippen LogP contribution >= 0.6 is 23.2 Å². The van der Waals surface area contributed by atoms with Crippen LogP contribution in [0.1, 0.15) is 22.3 Å². The van der Waals surface area contributed by atoms with E-state index >= 15 is 0 Å². The maximum absolute atomic E-state index is 12.8. The maximum atomic E-state index is 12.8. The minimum Gasteiger partial charge on any atom is -0.502 e. The highest BCUT2D eigenvalue weighted by Gasteiger charge is 2.19. The summed E-state index contributed by atoms with van der Waals surface area (Å²) >= 11 is 12.0. The molecule has 0 fully saturated rings. The standard InChI is InChI=1S/C25H23Cl2N3O3/c1-29-11-9-17-13-16(6-8-21(17)29)22-14-18(23(31)25(33)30(22)2)24(32)28-10-3-4-15-5-7-19(26)20(27)12-15/h5-9,11-14,31H,3-4,10H2,1-2H3,(H,28,32). The maximum Gasteiger partial charge on any atom is 0.293 e. The van der Waals surface area contributed by atoms with Gasteiger partial charge >= 0.3 is 0 Å². The molecule has 170 valence electrons. The molecule has 0 spiro atoms. The number of rotatable bonds is 6. The second-order valence-corrected chi connectivity index (χ2v) is 8.78. The molecule has 0 unspecified atom stereocenters. The summed E-state index contributed by atoms with van der Waals surface area (Å²) in [5.74, 6) is -1.06. The number of carbonyl (C=O) groups is 1. The summed E-state index contributed by atoms with van der Waals surface area (Å²) in [6, 6.07) is 14.8. The van der Waals surface area contributed by atoms with E-state index in [0.717, 1.165) is 22.0 Å². The molecule has 0 atom stereocenters. The fourth-order valence-corrected chi connectivity index (χ4v) is 4.18. The average molecular weight is 484 g/mol. The number of hydrogen-bond donors (Lipinski definition) is 2. The van der Waals surface area contributed by atoms with E-state index in [1.165, 1.54) is 4.57 Å². The van der Waals surface area contributed by atoms with Gasteiger partial charge in [0.2, 0.25) is 0 Å². The number of benzene rings is 2. The molecule has 0 aliphatic carbocycles. The zero-order valence-corrected chi connectivity index (χ0v) is 19.7. The molecule has 2 aromatic heterocycles. The molecule has 0 saturated heterocycles. The van der Waals surface area contributed by atoms with Gasteiger partial charge in [-0.3, -0.25) is 9.59 Å². The number of pyridine rings is 1. The Hall–Kier alpha value is -3.22. The van der Waals surface area contributed by atoms with Crippen molar-refractivity contribution in [3.05, 3.63) is 86.3 Å². The van der Waals surface area contributed by atoms with Crippen LogP contribution in [0.4, 0.5) is 0 Å². The third-order valence-corrected chi connectivity index (χ3v) is 6.48. The van der Waals surface area contributed by atoms with Gasteiger partial charge in [-0.25, -0.2) is 0 Å². The number of halogens is 2. The molecule has 0 bridgehead atoms. The Morgan fingerprint density at radius 1 is 1.03 bits per heavy atom. The smallest absolute Gasteiger partial charge is 0.293 e. The van der Waals surface area contributed by atoms with Crippen LogP contribution in [0.5, 0.6) is 5.75 Å². The molecule has 8 heteroatoms. The SMILES string of the molecule is Cn1c(-c2ccc3c(ccn3C)c2)cc(C(=O)NCCCc2ccc(Cl)c(Cl)c2)c(O)c1=O. The van der Waals surface area contributed by atoms with E-state index in [-0.39, 0.29) is 5.56 Å². The number of nitrogens with zero attached hydrogens (tertiary/aromatic N) is 2. The van der Waals surface area contributed by atoms with Crippen LogP contribution in [0.25, 0.3) is 22.2 Å². The van der Waals surface area contributed by atoms with E-state index in [4.69, 9.17) is 23.2 Å². The van der Waals surface area contributed by atoms with Gasteiger partial charge in [-0.2, -0.15) is 0 Å². The number of carbonyl (C=O) groups excluding carboxylic acids is 1. The van der Waals surface area contributed by atoms with Crippen LogP contribution in [-0.4, -0.2) is 26.7 Å². The molecule has 0 aliphatic rings. The average Bonchev–Trinajstić information content (AvgIpc) is 3.17. The number of aromatic nitrogens is 2. The fraction of sp³-hybridized carbons (Fsp3) is 0.200. The first-order valence-corrected chi connectivity index (χ1v) is 11.2. The van der Waals surface area contributed by atoms with E-state index in [9.17, 15) is 14.7 Å². The topological polar surface area (TPSA) is 76.3 Å². The number of nitrogens with one attached hydrogen (secondary N) is 1. The van der Waals surface area contributed by atoms with Crippen LogP contribution in [-0.2, 0) is 20.5 Å². The van der Waals surface area contributed by atoms with Crippen molar-refractivity contribution in [1.29, 1.82) is 0 Å². The highest BCUT2D eigenvalue weighted by Crippen LogP contribution is 2.27. The molecule has 1 amide bonds. The Balaban J connectivity index is 1.53. The van der Waals surface area contributed by atoms with Gasteiger partial charge in [0.15, 0.2) is 5.75 Å². The van der Waals surface area contributed by atoms with Gasteiger partial charge in [-0.1, -0.05) is 35.3 Å². The first-order chi connectivity index (χ1) is 15.8. The van der Waals surface area contributed by atoms with Gasteiger partial charge in [0.1, 0.15) is 0 Å². The molecule has 0 radical (unpaired) electrons. The lowest BCUT2D eigenvalue weighted by Crippen LogP contribution is -2.28. The molecular formula is C25H23Cl2N3O3. The summed E-state index contributed by atoms with van der Waals surface area (Å²) in [4.78, 5) is 25.4. The molecule has 2 aromatic carbocycles. The van der Waals surface area contributed by atoms with Crippen molar-refractivity contribution in [3.8, 4) is 17.0 Å². The molecule has 6 nitrogen and oxygen atoms in total. The summed E-state index contributed by atoms with van der Waals surface area (Å²) in [5.41, 5.74) is 2.72. The first kappa shape index (κ1) is 23.0. The molecule has 4 aromatic rings. The number of aryl methyl sites for hydroxylation is 2. The number of fused-ring (bicyclic) bond motifs is 1. The monoisotopic (exact) mass is 483 g/mol. The van der Waals surface area contributed by atoms with Crippen molar-refractivity contribution in [2.24, 2.45) is 14.1 Å². The van der Waals surface area contributed by atoms with Crippen LogP contribution in [0, 0.1) is 0 Å². The third kappa shape index (κ3) is 4.63. The quantitative estimate of drug-likeness (QED) is 0.382. The van der Waals surface area contributed by atoms with Crippen LogP contribution < -0.4 is 10.9 Å². The summed E-state index contributed by atoms with van der Waals surface area (Å²) in [6.07, 6.45) is 3.32. The second kappa shape index (κ2) is 9.33. The predicted molar refractivity (Wildman–Crippen MR) is 132 cm³/mol. The highest BCUT2D eigenvalue weighted by atomic mass is 35.5. The Labute approximate surface area is 201 Å². The molecule has 2 N–H and O–H groups in total. The number of hydrogen-bond acceptors (Lipinski definition) is 3. The van der Waals surface area contributed by atoms with Crippen molar-refractivity contribution in [3.63, 3.8) is 0 Å². The van der Waals surface area contributed by atoms with E-state index < -0.39 is 17.2 Å². The van der Waals surface area contributed by atoms with Crippen molar-refractivity contribution in [2.75, 3.05) is 6.54 Å². The lowest BCUT2D eigenvalue weighted by atomic mass is 10.1. The summed E-state index contributed by atoms with van der Waals surface area (Å²) < 4.78 is 3.35. The second-order valence-electron chi connectivity index (χ2n) is 7.96. The minimum atomic E-state index is -0.624. The number of aromatic hydroxyl groups is 1. The first-order valence-electron chi connectivity index (χ1n) is 10.5. The molecule has 0 saturated carbocycles. The van der Waals surface area contributed by atoms with E-state index in [2.05, 4.69) is 5.32 Å². The Morgan fingerprint density at radius 3 is 2.58 bits per heavy atom. The van der Waals surface area contributed by atoms with Crippen LogP contribution in [0.2, 0.25) is 10.0 Å². The van der Waals surface area contributed by atoms with E-state index in [1.807, 2.05) is 48.1 Å². The van der Waals surface area contributed by atoms with Crippen molar-refractivity contribution in [2.45, 2.75) is 12.8 Å². The zero-order chi connectivity index (χ0) is 23.7. The lowest BCUT2D eigenvalue weighted by Gasteiger charge is -2.13. The Bertz CT molecular complexity index is 1420. The fourth-order valence-electron chi connectivity index (χ4n) is 3.86. The third-order valence-electron chi connectivity index (χ3n) is 5.74. The molecule has 2 heterocycles. The zero-order valence-electron chi connectivity index (χ0n) is 18.2. The molecule has 0 aliphatic heterocycles. The molecule has 4 rings (SSSR count). The van der Waals surface area contributed by atoms with Crippen molar-refractivity contribution in [1.82, 2.24) is 14.5 Å². The van der Waals surface area contributed by atoms with Crippen molar-refractivity contribution < 1.29 is 9.90 Å². The van der Waals surface area contributed by atoms with Gasteiger partial charge in [-0.05, 0) is 60.4 Å². The Kier molecular flexibility index (Phi) is 6.49. The normalized spacial score (nSPS) is 11.2. The predicted octanol–water partition coefficient (Wildman–Crippen LogP) is 4.92. The van der Waals surface area contributed by atoms with E-state index in [0.29, 0.717) is 35.1 Å².